The highest BCUT2D eigenvalue weighted by Gasteiger charge is 2.58. The highest BCUT2D eigenvalue weighted by Crippen LogP contribution is 2.47. The van der Waals surface area contributed by atoms with Gasteiger partial charge in [-0.05, 0) is 43.5 Å². The molecule has 0 bridgehead atoms. The molecule has 0 spiro atoms. The fourth-order valence-electron chi connectivity index (χ4n) is 3.85. The zero-order valence-corrected chi connectivity index (χ0v) is 17.0. The van der Waals surface area contributed by atoms with Gasteiger partial charge in [-0.3, -0.25) is 9.59 Å². The van der Waals surface area contributed by atoms with E-state index in [1.807, 2.05) is 24.3 Å². The Balaban J connectivity index is 2.32. The van der Waals surface area contributed by atoms with E-state index in [1.165, 1.54) is 19.4 Å². The molecular weight excluding hydrogens is 348 g/mol. The van der Waals surface area contributed by atoms with Crippen LogP contribution in [0, 0.1) is 11.3 Å². The van der Waals surface area contributed by atoms with E-state index in [-0.39, 0.29) is 18.4 Å². The molecule has 6 heteroatoms. The molecular formula is C20H28O5Si. The first-order valence-electron chi connectivity index (χ1n) is 8.82. The van der Waals surface area contributed by atoms with Crippen molar-refractivity contribution in [2.75, 3.05) is 14.2 Å². The third kappa shape index (κ3) is 3.91. The first kappa shape index (κ1) is 20.4. The fourth-order valence-corrected chi connectivity index (χ4v) is 6.02. The Labute approximate surface area is 156 Å². The minimum Gasteiger partial charge on any atom is -0.468 e. The van der Waals surface area contributed by atoms with Gasteiger partial charge >= 0.3 is 11.9 Å². The normalized spacial score (nSPS) is 21.8. The molecule has 5 nitrogen and oxygen atoms in total. The number of hydrogen-bond donors (Lipinski definition) is 0. The van der Waals surface area contributed by atoms with Crippen LogP contribution < -0.4 is 5.19 Å². The van der Waals surface area contributed by atoms with Crippen molar-refractivity contribution in [1.82, 2.24) is 0 Å². The van der Waals surface area contributed by atoms with Crippen LogP contribution in [0.1, 0.15) is 19.3 Å². The zero-order chi connectivity index (χ0) is 19.4. The number of methoxy groups -OCH3 is 2. The Morgan fingerprint density at radius 1 is 1.15 bits per heavy atom. The van der Waals surface area contributed by atoms with Gasteiger partial charge in [0.25, 0.3) is 0 Å². The first-order valence-corrected chi connectivity index (χ1v) is 11.7. The second-order valence-corrected chi connectivity index (χ2v) is 11.1. The van der Waals surface area contributed by atoms with E-state index in [0.29, 0.717) is 12.8 Å². The molecule has 1 aromatic carbocycles. The molecule has 1 aromatic rings. The van der Waals surface area contributed by atoms with Crippen LogP contribution in [0.3, 0.4) is 0 Å². The fraction of sp³-hybridized carbons (Fsp3) is 0.500. The van der Waals surface area contributed by atoms with Crippen LogP contribution in [0.15, 0.2) is 43.0 Å². The number of benzene rings is 1. The molecule has 0 N–H and O–H groups in total. The minimum atomic E-state index is -2.21. The Kier molecular flexibility index (Phi) is 6.42. The van der Waals surface area contributed by atoms with E-state index >= 15 is 0 Å². The summed E-state index contributed by atoms with van der Waals surface area (Å²) in [5.74, 6) is -1.09. The maximum Gasteiger partial charge on any atom is 0.323 e. The summed E-state index contributed by atoms with van der Waals surface area (Å²) in [6.45, 7) is 8.07. The summed E-state index contributed by atoms with van der Waals surface area (Å²) in [5.41, 5.74) is -1.30. The van der Waals surface area contributed by atoms with Crippen LogP contribution >= 0.6 is 0 Å². The van der Waals surface area contributed by atoms with Crippen LogP contribution in [0.2, 0.25) is 13.1 Å². The number of esters is 2. The maximum atomic E-state index is 12.5. The topological polar surface area (TPSA) is 61.8 Å². The van der Waals surface area contributed by atoms with Crippen molar-refractivity contribution in [3.05, 3.63) is 43.0 Å². The summed E-state index contributed by atoms with van der Waals surface area (Å²) in [7, 11) is 0.390. The van der Waals surface area contributed by atoms with E-state index in [1.54, 1.807) is 0 Å². The summed E-state index contributed by atoms with van der Waals surface area (Å²) in [6.07, 6.45) is 2.87. The summed E-state index contributed by atoms with van der Waals surface area (Å²) < 4.78 is 16.5. The minimum absolute atomic E-state index is 0.0150. The van der Waals surface area contributed by atoms with Gasteiger partial charge in [-0.15, -0.1) is 6.58 Å². The number of hydrogen-bond acceptors (Lipinski definition) is 5. The van der Waals surface area contributed by atoms with E-state index in [2.05, 4.69) is 31.8 Å². The molecule has 0 heterocycles. The van der Waals surface area contributed by atoms with Gasteiger partial charge in [0.1, 0.15) is 0 Å². The van der Waals surface area contributed by atoms with Crippen molar-refractivity contribution in [2.45, 2.75) is 38.5 Å². The van der Waals surface area contributed by atoms with Crippen LogP contribution in [0.5, 0.6) is 0 Å². The summed E-state index contributed by atoms with van der Waals surface area (Å²) in [6, 6.07) is 10.1. The second kappa shape index (κ2) is 8.18. The van der Waals surface area contributed by atoms with Gasteiger partial charge < -0.3 is 13.9 Å². The van der Waals surface area contributed by atoms with Crippen molar-refractivity contribution in [1.29, 1.82) is 0 Å². The molecule has 1 saturated carbocycles. The molecule has 26 heavy (non-hydrogen) atoms. The van der Waals surface area contributed by atoms with Crippen LogP contribution in [0.25, 0.3) is 0 Å². The van der Waals surface area contributed by atoms with Crippen molar-refractivity contribution < 1.29 is 23.5 Å². The first-order chi connectivity index (χ1) is 12.3. The Morgan fingerprint density at radius 3 is 2.23 bits per heavy atom. The van der Waals surface area contributed by atoms with E-state index in [4.69, 9.17) is 13.9 Å². The predicted molar refractivity (Wildman–Crippen MR) is 102 cm³/mol. The molecule has 1 aliphatic carbocycles. The van der Waals surface area contributed by atoms with Gasteiger partial charge in [-0.1, -0.05) is 36.4 Å². The quantitative estimate of drug-likeness (QED) is 0.317. The molecule has 0 saturated heterocycles. The van der Waals surface area contributed by atoms with Gasteiger partial charge in [0.15, 0.2) is 5.41 Å². The Hall–Kier alpha value is -1.92. The highest BCUT2D eigenvalue weighted by molar-refractivity contribution is 6.84. The largest absolute Gasteiger partial charge is 0.468 e. The van der Waals surface area contributed by atoms with Gasteiger partial charge in [0.05, 0.1) is 20.3 Å². The monoisotopic (exact) mass is 376 g/mol. The molecule has 2 rings (SSSR count). The van der Waals surface area contributed by atoms with E-state index in [0.717, 1.165) is 0 Å². The van der Waals surface area contributed by atoms with Crippen molar-refractivity contribution in [3.8, 4) is 0 Å². The van der Waals surface area contributed by atoms with Gasteiger partial charge in [0, 0.05) is 0 Å². The standard InChI is InChI=1S/C20H28O5Si/c1-6-10-15-13-20(18(21)23-2,19(22)24-3)14-17(15)25-26(4,5)16-11-8-7-9-12-16/h6-9,11-12,15,17H,1,10,13-14H2,2-5H3/t15-,17+/m1/s1. The lowest BCUT2D eigenvalue weighted by Crippen LogP contribution is -2.48. The van der Waals surface area contributed by atoms with Gasteiger partial charge in [0.2, 0.25) is 8.32 Å². The SMILES string of the molecule is C=CC[C@@H]1CC(C(=O)OC)(C(=O)OC)C[C@@H]1O[Si](C)(C)c1ccccc1. The predicted octanol–water partition coefficient (Wildman–Crippen LogP) is 2.80. The molecule has 0 unspecified atom stereocenters. The van der Waals surface area contributed by atoms with E-state index < -0.39 is 25.7 Å². The number of allylic oxidation sites excluding steroid dienone is 1. The third-order valence-electron chi connectivity index (χ3n) is 5.22. The number of ether oxygens (including phenoxy) is 2. The average Bonchev–Trinajstić information content (AvgIpc) is 3.00. The van der Waals surface area contributed by atoms with Crippen molar-refractivity contribution in [3.63, 3.8) is 0 Å². The van der Waals surface area contributed by atoms with Gasteiger partial charge in [-0.2, -0.15) is 0 Å². The van der Waals surface area contributed by atoms with Crippen LogP contribution in [-0.4, -0.2) is 40.6 Å². The zero-order valence-electron chi connectivity index (χ0n) is 16.0. The average molecular weight is 377 g/mol. The number of rotatable bonds is 7. The second-order valence-electron chi connectivity index (χ2n) is 7.29. The Morgan fingerprint density at radius 2 is 1.73 bits per heavy atom. The van der Waals surface area contributed by atoms with Gasteiger partial charge in [-0.25, -0.2) is 0 Å². The lowest BCUT2D eigenvalue weighted by atomic mass is 9.85. The molecule has 1 aliphatic rings. The molecule has 142 valence electrons. The lowest BCUT2D eigenvalue weighted by molar-refractivity contribution is -0.169. The smallest absolute Gasteiger partial charge is 0.323 e. The summed E-state index contributed by atoms with van der Waals surface area (Å²) in [4.78, 5) is 24.9. The maximum absolute atomic E-state index is 12.5. The molecule has 0 aromatic heterocycles. The molecule has 0 aliphatic heterocycles. The summed E-state index contributed by atoms with van der Waals surface area (Å²) in [5, 5.41) is 1.17. The van der Waals surface area contributed by atoms with E-state index in [9.17, 15) is 9.59 Å². The highest BCUT2D eigenvalue weighted by atomic mass is 28.4. The Bertz CT molecular complexity index is 639. The van der Waals surface area contributed by atoms with Crippen LogP contribution in [-0.2, 0) is 23.5 Å². The van der Waals surface area contributed by atoms with Crippen molar-refractivity contribution in [2.24, 2.45) is 11.3 Å². The third-order valence-corrected chi connectivity index (χ3v) is 7.84. The van der Waals surface area contributed by atoms with Crippen molar-refractivity contribution >= 4 is 25.4 Å². The number of carbonyl (C=O) groups is 2. The molecule has 2 atom stereocenters. The summed E-state index contributed by atoms with van der Waals surface area (Å²) >= 11 is 0. The molecule has 0 amide bonds. The molecule has 1 fully saturated rings. The lowest BCUT2D eigenvalue weighted by Gasteiger charge is -2.31. The number of carbonyl (C=O) groups excluding carboxylic acids is 2. The molecule has 0 radical (unpaired) electrons. The van der Waals surface area contributed by atoms with Crippen LogP contribution in [0.4, 0.5) is 0 Å².